The molecule has 122 valence electrons. The first kappa shape index (κ1) is 14.7. The number of allylic oxidation sites excluding steroid dienone is 1. The Balaban J connectivity index is 1.66. The molecule has 6 atom stereocenters. The van der Waals surface area contributed by atoms with Gasteiger partial charge in [0.25, 0.3) is 0 Å². The zero-order valence-electron chi connectivity index (χ0n) is 13.9. The fourth-order valence-corrected chi connectivity index (χ4v) is 6.32. The number of aliphatic hydroxyl groups is 1. The van der Waals surface area contributed by atoms with Gasteiger partial charge in [0, 0.05) is 12.0 Å². The molecule has 0 aromatic heterocycles. The van der Waals surface area contributed by atoms with Crippen LogP contribution in [0.25, 0.3) is 0 Å². The van der Waals surface area contributed by atoms with E-state index in [4.69, 9.17) is 0 Å². The molecule has 3 fully saturated rings. The molecule has 4 aliphatic rings. The van der Waals surface area contributed by atoms with E-state index in [-0.39, 0.29) is 17.6 Å². The minimum absolute atomic E-state index is 0.0202. The van der Waals surface area contributed by atoms with Crippen molar-refractivity contribution in [2.45, 2.75) is 76.9 Å². The van der Waals surface area contributed by atoms with Gasteiger partial charge in [0.2, 0.25) is 5.91 Å². The number of nitrogens with one attached hydrogen (secondary N) is 1. The van der Waals surface area contributed by atoms with Crippen molar-refractivity contribution in [2.75, 3.05) is 0 Å². The number of rotatable bonds is 0. The van der Waals surface area contributed by atoms with Gasteiger partial charge in [0.05, 0.1) is 6.10 Å². The van der Waals surface area contributed by atoms with Crippen LogP contribution in [0, 0.1) is 23.2 Å². The maximum absolute atomic E-state index is 11.9. The van der Waals surface area contributed by atoms with Crippen molar-refractivity contribution in [3.8, 4) is 0 Å². The van der Waals surface area contributed by atoms with E-state index in [0.29, 0.717) is 23.7 Å². The van der Waals surface area contributed by atoms with Crippen molar-refractivity contribution >= 4 is 5.91 Å². The Hall–Kier alpha value is -0.830. The predicted octanol–water partition coefficient (Wildman–Crippen LogP) is 3.18. The van der Waals surface area contributed by atoms with E-state index >= 15 is 0 Å². The molecule has 1 heterocycles. The van der Waals surface area contributed by atoms with Crippen molar-refractivity contribution in [1.82, 2.24) is 5.32 Å². The molecule has 3 nitrogen and oxygen atoms in total. The number of aliphatic hydroxyl groups excluding tert-OH is 1. The molecule has 1 saturated heterocycles. The Morgan fingerprint density at radius 1 is 1.18 bits per heavy atom. The molecule has 0 aromatic carbocycles. The van der Waals surface area contributed by atoms with Crippen molar-refractivity contribution in [1.29, 1.82) is 0 Å². The number of carbonyl (C=O) groups excluding carboxylic acids is 1. The van der Waals surface area contributed by atoms with E-state index in [1.54, 1.807) is 0 Å². The molecule has 4 rings (SSSR count). The SMILES string of the molecule is CC12CCC3C(CC=C4CC(O)CCC43C)C1CCC(=O)N2. The van der Waals surface area contributed by atoms with Gasteiger partial charge in [-0.3, -0.25) is 4.79 Å². The first-order chi connectivity index (χ1) is 10.4. The summed E-state index contributed by atoms with van der Waals surface area (Å²) in [7, 11) is 0. The van der Waals surface area contributed by atoms with Crippen molar-refractivity contribution in [2.24, 2.45) is 23.2 Å². The van der Waals surface area contributed by atoms with Crippen LogP contribution in [-0.2, 0) is 4.79 Å². The fourth-order valence-electron chi connectivity index (χ4n) is 6.32. The van der Waals surface area contributed by atoms with Crippen molar-refractivity contribution < 1.29 is 9.90 Å². The van der Waals surface area contributed by atoms with Crippen LogP contribution in [0.2, 0.25) is 0 Å². The molecule has 0 spiro atoms. The highest BCUT2D eigenvalue weighted by molar-refractivity contribution is 5.77. The van der Waals surface area contributed by atoms with Crippen molar-refractivity contribution in [3.05, 3.63) is 11.6 Å². The summed E-state index contributed by atoms with van der Waals surface area (Å²) >= 11 is 0. The van der Waals surface area contributed by atoms with E-state index in [1.165, 1.54) is 12.0 Å². The molecule has 1 aliphatic heterocycles. The first-order valence-electron chi connectivity index (χ1n) is 9.11. The van der Waals surface area contributed by atoms with Crippen LogP contribution < -0.4 is 5.32 Å². The van der Waals surface area contributed by atoms with Gasteiger partial charge in [-0.05, 0) is 75.0 Å². The summed E-state index contributed by atoms with van der Waals surface area (Å²) in [5.74, 6) is 2.33. The molecule has 2 N–H and O–H groups in total. The van der Waals surface area contributed by atoms with Gasteiger partial charge >= 0.3 is 0 Å². The second kappa shape index (κ2) is 4.83. The number of hydrogen-bond acceptors (Lipinski definition) is 2. The Morgan fingerprint density at radius 2 is 2.00 bits per heavy atom. The third-order valence-corrected chi connectivity index (χ3v) is 7.57. The molecule has 2 saturated carbocycles. The topological polar surface area (TPSA) is 49.3 Å². The molecule has 0 aromatic rings. The summed E-state index contributed by atoms with van der Waals surface area (Å²) in [6.07, 6.45) is 10.6. The highest BCUT2D eigenvalue weighted by atomic mass is 16.3. The molecular weight excluding hydrogens is 274 g/mol. The zero-order valence-corrected chi connectivity index (χ0v) is 13.9. The number of piperidine rings is 1. The summed E-state index contributed by atoms with van der Waals surface area (Å²) in [6, 6.07) is 0. The Bertz CT molecular complexity index is 528. The second-order valence-electron chi connectivity index (χ2n) is 8.70. The number of hydrogen-bond donors (Lipinski definition) is 2. The van der Waals surface area contributed by atoms with Crippen LogP contribution in [-0.4, -0.2) is 22.7 Å². The van der Waals surface area contributed by atoms with Crippen LogP contribution in [0.1, 0.15) is 65.2 Å². The molecule has 3 aliphatic carbocycles. The van der Waals surface area contributed by atoms with E-state index in [0.717, 1.165) is 44.4 Å². The fraction of sp³-hybridized carbons (Fsp3) is 0.842. The normalized spacial score (nSPS) is 51.0. The maximum Gasteiger partial charge on any atom is 0.220 e. The summed E-state index contributed by atoms with van der Waals surface area (Å²) in [4.78, 5) is 11.9. The van der Waals surface area contributed by atoms with Gasteiger partial charge in [-0.2, -0.15) is 0 Å². The van der Waals surface area contributed by atoms with E-state index < -0.39 is 0 Å². The summed E-state index contributed by atoms with van der Waals surface area (Å²) in [5.41, 5.74) is 1.84. The molecular formula is C19H29NO2. The Kier molecular flexibility index (Phi) is 3.24. The van der Waals surface area contributed by atoms with Gasteiger partial charge in [-0.1, -0.05) is 18.6 Å². The average Bonchev–Trinajstić information content (AvgIpc) is 2.46. The third-order valence-electron chi connectivity index (χ3n) is 7.57. The Labute approximate surface area is 133 Å². The summed E-state index contributed by atoms with van der Waals surface area (Å²) in [5, 5.41) is 13.3. The summed E-state index contributed by atoms with van der Waals surface area (Å²) in [6.45, 7) is 4.72. The van der Waals surface area contributed by atoms with Crippen LogP contribution in [0.15, 0.2) is 11.6 Å². The van der Waals surface area contributed by atoms with E-state index in [1.807, 2.05) is 0 Å². The second-order valence-corrected chi connectivity index (χ2v) is 8.70. The molecule has 22 heavy (non-hydrogen) atoms. The summed E-state index contributed by atoms with van der Waals surface area (Å²) < 4.78 is 0. The Morgan fingerprint density at radius 3 is 2.82 bits per heavy atom. The monoisotopic (exact) mass is 303 g/mol. The number of amides is 1. The minimum Gasteiger partial charge on any atom is -0.393 e. The largest absolute Gasteiger partial charge is 0.393 e. The molecule has 0 radical (unpaired) electrons. The molecule has 0 bridgehead atoms. The standard InChI is InChI=1S/C19H29NO2/c1-18-9-7-13(21)11-12(18)3-4-14-15(18)8-10-19(2)16(14)5-6-17(22)20-19/h3,13-16,21H,4-11H2,1-2H3,(H,20,22). The van der Waals surface area contributed by atoms with Crippen LogP contribution in [0.5, 0.6) is 0 Å². The zero-order chi connectivity index (χ0) is 15.5. The maximum atomic E-state index is 11.9. The van der Waals surface area contributed by atoms with Crippen LogP contribution in [0.3, 0.4) is 0 Å². The van der Waals surface area contributed by atoms with Gasteiger partial charge < -0.3 is 10.4 Å². The smallest absolute Gasteiger partial charge is 0.220 e. The lowest BCUT2D eigenvalue weighted by Gasteiger charge is -2.59. The van der Waals surface area contributed by atoms with E-state index in [2.05, 4.69) is 25.2 Å². The van der Waals surface area contributed by atoms with Gasteiger partial charge in [-0.15, -0.1) is 0 Å². The van der Waals surface area contributed by atoms with Gasteiger partial charge in [-0.25, -0.2) is 0 Å². The lowest BCUT2D eigenvalue weighted by molar-refractivity contribution is -0.131. The lowest BCUT2D eigenvalue weighted by atomic mass is 9.48. The highest BCUT2D eigenvalue weighted by Gasteiger charge is 2.55. The first-order valence-corrected chi connectivity index (χ1v) is 9.11. The molecule has 3 heteroatoms. The average molecular weight is 303 g/mol. The quantitative estimate of drug-likeness (QED) is 0.675. The molecule has 6 unspecified atom stereocenters. The van der Waals surface area contributed by atoms with Gasteiger partial charge in [0.15, 0.2) is 0 Å². The highest BCUT2D eigenvalue weighted by Crippen LogP contribution is 2.60. The third kappa shape index (κ3) is 2.01. The van der Waals surface area contributed by atoms with Gasteiger partial charge in [0.1, 0.15) is 0 Å². The van der Waals surface area contributed by atoms with Crippen LogP contribution >= 0.6 is 0 Å². The van der Waals surface area contributed by atoms with E-state index in [9.17, 15) is 9.90 Å². The van der Waals surface area contributed by atoms with Crippen LogP contribution in [0.4, 0.5) is 0 Å². The van der Waals surface area contributed by atoms with Crippen molar-refractivity contribution in [3.63, 3.8) is 0 Å². The lowest BCUT2D eigenvalue weighted by Crippen LogP contribution is -2.62. The molecule has 1 amide bonds. The predicted molar refractivity (Wildman–Crippen MR) is 86.2 cm³/mol. The number of carbonyl (C=O) groups is 1. The minimum atomic E-state index is -0.126. The number of fused-ring (bicyclic) bond motifs is 5.